The number of carbonyl (C=O) groups excluding carboxylic acids is 1. The van der Waals surface area contributed by atoms with Crippen molar-refractivity contribution in [3.05, 3.63) is 77.6 Å². The molecule has 3 aromatic rings. The molecule has 41 heavy (non-hydrogen) atoms. The predicted molar refractivity (Wildman–Crippen MR) is 162 cm³/mol. The first kappa shape index (κ1) is 31.9. The average molecular weight is 563 g/mol. The van der Waals surface area contributed by atoms with Crippen molar-refractivity contribution in [1.82, 2.24) is 0 Å². The second-order valence-electron chi connectivity index (χ2n) is 11.1. The highest BCUT2D eigenvalue weighted by Gasteiger charge is 2.19. The Labute approximate surface area is 243 Å². The molecule has 0 aliphatic rings. The Kier molecular flexibility index (Phi) is 12.4. The molecule has 0 aliphatic heterocycles. The quantitative estimate of drug-likeness (QED) is 0.139. The van der Waals surface area contributed by atoms with Crippen LogP contribution < -0.4 is 4.74 Å². The van der Waals surface area contributed by atoms with Crippen LogP contribution in [0.2, 0.25) is 0 Å². The lowest BCUT2D eigenvalue weighted by Gasteiger charge is -2.16. The highest BCUT2D eigenvalue weighted by Crippen LogP contribution is 2.35. The normalized spacial score (nSPS) is 11.9. The van der Waals surface area contributed by atoms with Gasteiger partial charge in [-0.25, -0.2) is 14.0 Å². The number of hydrogen-bond acceptors (Lipinski definition) is 4. The molecule has 220 valence electrons. The number of esters is 1. The fraction of sp³-hybridized carbons (Fsp3) is 0.429. The number of hydrogen-bond donors (Lipinski definition) is 1. The van der Waals surface area contributed by atoms with Gasteiger partial charge in [-0.15, -0.1) is 0 Å². The van der Waals surface area contributed by atoms with E-state index in [1.165, 1.54) is 56.4 Å². The molecular formula is C35H43FO5. The number of carbonyl (C=O) groups is 2. The molecule has 0 heterocycles. The minimum atomic E-state index is -1.08. The average Bonchev–Trinajstić information content (AvgIpc) is 2.94. The summed E-state index contributed by atoms with van der Waals surface area (Å²) in [6.07, 6.45) is 8.89. The Bertz CT molecular complexity index is 1280. The van der Waals surface area contributed by atoms with Crippen LogP contribution in [-0.2, 0) is 4.74 Å². The van der Waals surface area contributed by atoms with E-state index in [0.717, 1.165) is 29.7 Å². The summed E-state index contributed by atoms with van der Waals surface area (Å²) < 4.78 is 26.5. The summed E-state index contributed by atoms with van der Waals surface area (Å²) in [4.78, 5) is 24.3. The summed E-state index contributed by atoms with van der Waals surface area (Å²) in [5.41, 5.74) is 2.54. The van der Waals surface area contributed by atoms with Crippen LogP contribution in [0.4, 0.5) is 4.39 Å². The lowest BCUT2D eigenvalue weighted by atomic mass is 9.92. The van der Waals surface area contributed by atoms with Crippen LogP contribution in [0, 0.1) is 11.7 Å². The molecule has 0 aromatic heterocycles. The molecule has 0 saturated heterocycles. The largest absolute Gasteiger partial charge is 0.494 e. The predicted octanol–water partition coefficient (Wildman–Crippen LogP) is 9.58. The zero-order chi connectivity index (χ0) is 29.8. The van der Waals surface area contributed by atoms with Gasteiger partial charge >= 0.3 is 11.9 Å². The van der Waals surface area contributed by atoms with Gasteiger partial charge in [-0.1, -0.05) is 83.6 Å². The van der Waals surface area contributed by atoms with Crippen LogP contribution in [0.15, 0.2) is 60.7 Å². The molecule has 0 aliphatic carbocycles. The topological polar surface area (TPSA) is 72.8 Å². The van der Waals surface area contributed by atoms with E-state index < -0.39 is 17.8 Å². The van der Waals surface area contributed by atoms with Crippen molar-refractivity contribution < 1.29 is 28.6 Å². The summed E-state index contributed by atoms with van der Waals surface area (Å²) in [5, 5.41) is 9.59. The van der Waals surface area contributed by atoms with Crippen molar-refractivity contribution in [2.24, 2.45) is 5.92 Å². The Morgan fingerprint density at radius 1 is 0.805 bits per heavy atom. The third-order valence-corrected chi connectivity index (χ3v) is 7.06. The van der Waals surface area contributed by atoms with Gasteiger partial charge in [0.05, 0.1) is 23.8 Å². The first-order chi connectivity index (χ1) is 19.7. The van der Waals surface area contributed by atoms with Gasteiger partial charge in [-0.2, -0.15) is 0 Å². The molecule has 3 aromatic carbocycles. The van der Waals surface area contributed by atoms with Crippen LogP contribution in [0.1, 0.15) is 99.8 Å². The first-order valence-electron chi connectivity index (χ1n) is 14.8. The van der Waals surface area contributed by atoms with Crippen LogP contribution >= 0.6 is 0 Å². The Balaban J connectivity index is 1.76. The molecule has 0 amide bonds. The molecule has 0 saturated carbocycles. The van der Waals surface area contributed by atoms with E-state index >= 15 is 4.39 Å². The summed E-state index contributed by atoms with van der Waals surface area (Å²) in [5.74, 6) is -1.40. The minimum absolute atomic E-state index is 0.0878. The van der Waals surface area contributed by atoms with E-state index in [-0.39, 0.29) is 17.2 Å². The highest BCUT2D eigenvalue weighted by molar-refractivity contribution is 5.95. The van der Waals surface area contributed by atoms with E-state index in [2.05, 4.69) is 6.92 Å². The van der Waals surface area contributed by atoms with E-state index in [1.54, 1.807) is 19.1 Å². The molecule has 0 fully saturated rings. The lowest BCUT2D eigenvalue weighted by molar-refractivity contribution is 0.0294. The zero-order valence-corrected chi connectivity index (χ0v) is 24.8. The van der Waals surface area contributed by atoms with Gasteiger partial charge in [0.1, 0.15) is 11.6 Å². The monoisotopic (exact) mass is 562 g/mol. The molecule has 0 radical (unpaired) electrons. The highest BCUT2D eigenvalue weighted by atomic mass is 19.1. The van der Waals surface area contributed by atoms with Gasteiger partial charge in [-0.3, -0.25) is 0 Å². The number of benzene rings is 3. The second-order valence-corrected chi connectivity index (χ2v) is 11.1. The van der Waals surface area contributed by atoms with E-state index in [9.17, 15) is 14.7 Å². The smallest absolute Gasteiger partial charge is 0.341 e. The van der Waals surface area contributed by atoms with Crippen molar-refractivity contribution in [2.45, 2.75) is 85.2 Å². The third kappa shape index (κ3) is 9.73. The van der Waals surface area contributed by atoms with Gasteiger partial charge in [-0.05, 0) is 84.3 Å². The molecule has 5 nitrogen and oxygen atoms in total. The number of halogens is 1. The fourth-order valence-corrected chi connectivity index (χ4v) is 4.95. The van der Waals surface area contributed by atoms with Crippen molar-refractivity contribution in [2.75, 3.05) is 6.61 Å². The van der Waals surface area contributed by atoms with Crippen LogP contribution in [0.5, 0.6) is 5.75 Å². The Morgan fingerprint density at radius 3 is 2.10 bits per heavy atom. The number of carboxylic acids is 1. The SMILES string of the molecule is CCCCCCCCCOc1ccc(-c2ccc(C(=O)O)cc2-c2ccc(C(=O)O[C@H](C)CC(C)C)c(F)c2)cc1. The minimum Gasteiger partial charge on any atom is -0.494 e. The fourth-order valence-electron chi connectivity index (χ4n) is 4.95. The van der Waals surface area contributed by atoms with Gasteiger partial charge in [0, 0.05) is 0 Å². The maximum atomic E-state index is 15.2. The molecule has 0 unspecified atom stereocenters. The van der Waals surface area contributed by atoms with Crippen molar-refractivity contribution in [1.29, 1.82) is 0 Å². The van der Waals surface area contributed by atoms with Crippen molar-refractivity contribution in [3.63, 3.8) is 0 Å². The molecule has 0 spiro atoms. The van der Waals surface area contributed by atoms with Gasteiger partial charge < -0.3 is 14.6 Å². The number of aromatic carboxylic acids is 1. The molecule has 6 heteroatoms. The summed E-state index contributed by atoms with van der Waals surface area (Å²) in [6.45, 7) is 8.73. The van der Waals surface area contributed by atoms with Crippen molar-refractivity contribution in [3.8, 4) is 28.0 Å². The van der Waals surface area contributed by atoms with Crippen LogP contribution in [-0.4, -0.2) is 29.8 Å². The summed E-state index contributed by atoms with van der Waals surface area (Å²) in [7, 11) is 0. The van der Waals surface area contributed by atoms with E-state index in [4.69, 9.17) is 9.47 Å². The van der Waals surface area contributed by atoms with Gasteiger partial charge in [0.15, 0.2) is 0 Å². The maximum absolute atomic E-state index is 15.2. The van der Waals surface area contributed by atoms with Gasteiger partial charge in [0.2, 0.25) is 0 Å². The number of carboxylic acid groups (broad SMARTS) is 1. The zero-order valence-electron chi connectivity index (χ0n) is 24.8. The maximum Gasteiger partial charge on any atom is 0.341 e. The molecule has 1 N–H and O–H groups in total. The summed E-state index contributed by atoms with van der Waals surface area (Å²) in [6, 6.07) is 16.7. The number of unbranched alkanes of at least 4 members (excludes halogenated alkanes) is 6. The molecule has 1 atom stereocenters. The Hall–Kier alpha value is -3.67. The van der Waals surface area contributed by atoms with E-state index in [1.807, 2.05) is 38.1 Å². The van der Waals surface area contributed by atoms with Gasteiger partial charge in [0.25, 0.3) is 0 Å². The lowest BCUT2D eigenvalue weighted by Crippen LogP contribution is -2.17. The standard InChI is InChI=1S/C35H43FO5/c1-5-6-7-8-9-10-11-20-40-29-16-12-26(13-17-29)30-18-15-28(34(37)38)22-32(30)27-14-19-31(33(36)23-27)35(39)41-25(4)21-24(2)3/h12-19,22-25H,5-11,20-21H2,1-4H3,(H,37,38)/t25-/m1/s1. The molecule has 0 bridgehead atoms. The van der Waals surface area contributed by atoms with Crippen LogP contribution in [0.25, 0.3) is 22.3 Å². The summed E-state index contributed by atoms with van der Waals surface area (Å²) >= 11 is 0. The van der Waals surface area contributed by atoms with Crippen LogP contribution in [0.3, 0.4) is 0 Å². The number of rotatable bonds is 16. The Morgan fingerprint density at radius 2 is 1.46 bits per heavy atom. The van der Waals surface area contributed by atoms with Crippen molar-refractivity contribution >= 4 is 11.9 Å². The van der Waals surface area contributed by atoms with E-state index in [0.29, 0.717) is 30.1 Å². The number of ether oxygens (including phenoxy) is 2. The first-order valence-corrected chi connectivity index (χ1v) is 14.8. The third-order valence-electron chi connectivity index (χ3n) is 7.06. The molecular weight excluding hydrogens is 519 g/mol. The second kappa shape index (κ2) is 15.9. The molecule has 3 rings (SSSR count).